The normalized spacial score (nSPS) is 28.9. The third-order valence-corrected chi connectivity index (χ3v) is 5.01. The van der Waals surface area contributed by atoms with Crippen LogP contribution < -0.4 is 10.6 Å². The Morgan fingerprint density at radius 1 is 1.26 bits per heavy atom. The van der Waals surface area contributed by atoms with E-state index < -0.39 is 0 Å². The molecule has 1 aromatic rings. The van der Waals surface area contributed by atoms with Crippen molar-refractivity contribution in [3.8, 4) is 0 Å². The first-order valence-corrected chi connectivity index (χ1v) is 7.36. The first kappa shape index (κ1) is 12.9. The van der Waals surface area contributed by atoms with Crippen molar-refractivity contribution in [3.05, 3.63) is 29.6 Å². The molecule has 1 aromatic carbocycles. The van der Waals surface area contributed by atoms with Crippen molar-refractivity contribution in [2.45, 2.75) is 32.2 Å². The zero-order chi connectivity index (χ0) is 13.4. The van der Waals surface area contributed by atoms with Gasteiger partial charge in [-0.1, -0.05) is 6.42 Å². The number of hydrogen-bond donors (Lipinski definition) is 1. The molecule has 0 aromatic heterocycles. The van der Waals surface area contributed by atoms with Crippen LogP contribution in [0.1, 0.15) is 31.2 Å². The van der Waals surface area contributed by atoms with Crippen molar-refractivity contribution in [2.24, 2.45) is 23.5 Å². The Labute approximate surface area is 114 Å². The second kappa shape index (κ2) is 5.12. The van der Waals surface area contributed by atoms with E-state index in [0.717, 1.165) is 35.5 Å². The molecule has 19 heavy (non-hydrogen) atoms. The summed E-state index contributed by atoms with van der Waals surface area (Å²) >= 11 is 0. The van der Waals surface area contributed by atoms with Gasteiger partial charge in [0.15, 0.2) is 0 Å². The first-order chi connectivity index (χ1) is 9.15. The maximum Gasteiger partial charge on any atom is 0.125 e. The molecule has 3 atom stereocenters. The Kier molecular flexibility index (Phi) is 3.48. The van der Waals surface area contributed by atoms with E-state index in [1.54, 1.807) is 6.07 Å². The first-order valence-electron chi connectivity index (χ1n) is 7.36. The van der Waals surface area contributed by atoms with Gasteiger partial charge in [-0.05, 0) is 60.8 Å². The molecule has 2 aliphatic rings. The Morgan fingerprint density at radius 3 is 2.74 bits per heavy atom. The zero-order valence-corrected chi connectivity index (χ0v) is 11.6. The number of nitrogens with two attached hydrogens (primary N) is 1. The summed E-state index contributed by atoms with van der Waals surface area (Å²) in [6.45, 7) is 1.45. The molecule has 0 aliphatic heterocycles. The number of anilines is 1. The Balaban J connectivity index is 1.70. The molecule has 0 heterocycles. The summed E-state index contributed by atoms with van der Waals surface area (Å²) < 4.78 is 13.6. The highest BCUT2D eigenvalue weighted by atomic mass is 19.1. The van der Waals surface area contributed by atoms with Crippen LogP contribution in [-0.2, 0) is 6.54 Å². The lowest BCUT2D eigenvalue weighted by Crippen LogP contribution is -2.28. The van der Waals surface area contributed by atoms with Gasteiger partial charge in [0.05, 0.1) is 0 Å². The van der Waals surface area contributed by atoms with Crippen molar-refractivity contribution in [2.75, 3.05) is 18.5 Å². The minimum Gasteiger partial charge on any atom is -0.374 e. The van der Waals surface area contributed by atoms with Crippen LogP contribution in [0, 0.1) is 23.6 Å². The van der Waals surface area contributed by atoms with Crippen molar-refractivity contribution < 1.29 is 4.39 Å². The minimum absolute atomic E-state index is 0.183. The van der Waals surface area contributed by atoms with E-state index in [4.69, 9.17) is 5.73 Å². The van der Waals surface area contributed by atoms with Crippen LogP contribution in [-0.4, -0.2) is 13.6 Å². The Morgan fingerprint density at radius 2 is 2.11 bits per heavy atom. The maximum absolute atomic E-state index is 13.6. The summed E-state index contributed by atoms with van der Waals surface area (Å²) in [5, 5.41) is 0. The molecule has 2 nitrogen and oxygen atoms in total. The van der Waals surface area contributed by atoms with Gasteiger partial charge in [0.25, 0.3) is 0 Å². The molecule has 2 saturated carbocycles. The summed E-state index contributed by atoms with van der Waals surface area (Å²) in [4.78, 5) is 2.20. The van der Waals surface area contributed by atoms with Crippen molar-refractivity contribution >= 4 is 5.69 Å². The molecule has 0 radical (unpaired) electrons. The van der Waals surface area contributed by atoms with Crippen molar-refractivity contribution in [3.63, 3.8) is 0 Å². The fourth-order valence-electron chi connectivity index (χ4n) is 4.03. The van der Waals surface area contributed by atoms with Gasteiger partial charge in [-0.3, -0.25) is 0 Å². The highest BCUT2D eigenvalue weighted by Crippen LogP contribution is 2.48. The van der Waals surface area contributed by atoms with Gasteiger partial charge in [0.2, 0.25) is 0 Å². The molecule has 0 saturated heterocycles. The van der Waals surface area contributed by atoms with E-state index in [2.05, 4.69) is 11.9 Å². The van der Waals surface area contributed by atoms with Gasteiger partial charge >= 0.3 is 0 Å². The van der Waals surface area contributed by atoms with Gasteiger partial charge in [-0.2, -0.15) is 0 Å². The summed E-state index contributed by atoms with van der Waals surface area (Å²) in [5.41, 5.74) is 7.45. The van der Waals surface area contributed by atoms with E-state index in [1.165, 1.54) is 31.7 Å². The Hall–Kier alpha value is -1.09. The lowest BCUT2D eigenvalue weighted by molar-refractivity contribution is 0.337. The van der Waals surface area contributed by atoms with Crippen LogP contribution >= 0.6 is 0 Å². The quantitative estimate of drug-likeness (QED) is 0.903. The molecular formula is C16H23FN2. The lowest BCUT2D eigenvalue weighted by atomic mass is 9.88. The predicted molar refractivity (Wildman–Crippen MR) is 76.5 cm³/mol. The topological polar surface area (TPSA) is 29.3 Å². The summed E-state index contributed by atoms with van der Waals surface area (Å²) in [7, 11) is 2.07. The van der Waals surface area contributed by atoms with E-state index in [-0.39, 0.29) is 5.82 Å². The molecular weight excluding hydrogens is 239 g/mol. The molecule has 3 unspecified atom stereocenters. The second-order valence-corrected chi connectivity index (χ2v) is 6.34. The van der Waals surface area contributed by atoms with Crippen LogP contribution in [0.15, 0.2) is 18.2 Å². The molecule has 3 heteroatoms. The molecule has 2 fully saturated rings. The van der Waals surface area contributed by atoms with Crippen LogP contribution in [0.3, 0.4) is 0 Å². The van der Waals surface area contributed by atoms with Gasteiger partial charge in [0.1, 0.15) is 5.82 Å². The minimum atomic E-state index is -0.183. The largest absolute Gasteiger partial charge is 0.374 e. The van der Waals surface area contributed by atoms with Crippen LogP contribution in [0.25, 0.3) is 0 Å². The maximum atomic E-state index is 13.6. The summed E-state index contributed by atoms with van der Waals surface area (Å²) in [6.07, 6.45) is 5.63. The third kappa shape index (κ3) is 2.62. The number of rotatable bonds is 4. The van der Waals surface area contributed by atoms with Gasteiger partial charge < -0.3 is 10.6 Å². The van der Waals surface area contributed by atoms with E-state index >= 15 is 0 Å². The van der Waals surface area contributed by atoms with E-state index in [1.807, 2.05) is 6.07 Å². The van der Waals surface area contributed by atoms with Gasteiger partial charge in [-0.25, -0.2) is 4.39 Å². The fourth-order valence-corrected chi connectivity index (χ4v) is 4.03. The molecule has 2 bridgehead atoms. The SMILES string of the molecule is CN(CC1CC2CCC1C2)c1cc(F)cc(CN)c1. The predicted octanol–water partition coefficient (Wildman–Crippen LogP) is 3.16. The van der Waals surface area contributed by atoms with Crippen molar-refractivity contribution in [1.82, 2.24) is 0 Å². The molecule has 2 N–H and O–H groups in total. The van der Waals surface area contributed by atoms with Crippen LogP contribution in [0.2, 0.25) is 0 Å². The third-order valence-electron chi connectivity index (χ3n) is 5.01. The molecule has 104 valence electrons. The van der Waals surface area contributed by atoms with E-state index in [0.29, 0.717) is 6.54 Å². The zero-order valence-electron chi connectivity index (χ0n) is 11.6. The highest BCUT2D eigenvalue weighted by Gasteiger charge is 2.39. The molecule has 0 spiro atoms. The Bertz CT molecular complexity index is 460. The standard InChI is InChI=1S/C16H23FN2/c1-19(10-14-5-11-2-3-13(14)4-11)16-7-12(9-18)6-15(17)8-16/h6-8,11,13-14H,2-5,9-10,18H2,1H3. The molecule has 3 rings (SSSR count). The van der Waals surface area contributed by atoms with Crippen molar-refractivity contribution in [1.29, 1.82) is 0 Å². The molecule has 0 amide bonds. The summed E-state index contributed by atoms with van der Waals surface area (Å²) in [6, 6.07) is 5.15. The van der Waals surface area contributed by atoms with Crippen LogP contribution in [0.4, 0.5) is 10.1 Å². The average molecular weight is 262 g/mol. The average Bonchev–Trinajstić information content (AvgIpc) is 3.00. The monoisotopic (exact) mass is 262 g/mol. The fraction of sp³-hybridized carbons (Fsp3) is 0.625. The smallest absolute Gasteiger partial charge is 0.125 e. The number of benzene rings is 1. The highest BCUT2D eigenvalue weighted by molar-refractivity contribution is 5.48. The second-order valence-electron chi connectivity index (χ2n) is 6.34. The number of halogens is 1. The lowest BCUT2D eigenvalue weighted by Gasteiger charge is -2.28. The molecule has 2 aliphatic carbocycles. The number of nitrogens with zero attached hydrogens (tertiary/aromatic N) is 1. The number of fused-ring (bicyclic) bond motifs is 2. The van der Waals surface area contributed by atoms with E-state index in [9.17, 15) is 4.39 Å². The van der Waals surface area contributed by atoms with Gasteiger partial charge in [0, 0.05) is 25.8 Å². The van der Waals surface area contributed by atoms with Crippen LogP contribution in [0.5, 0.6) is 0 Å². The summed E-state index contributed by atoms with van der Waals surface area (Å²) in [5.74, 6) is 2.50. The number of hydrogen-bond acceptors (Lipinski definition) is 2. The van der Waals surface area contributed by atoms with Gasteiger partial charge in [-0.15, -0.1) is 0 Å².